The van der Waals surface area contributed by atoms with Crippen LogP contribution < -0.4 is 0 Å². The molecule has 106 valence electrons. The van der Waals surface area contributed by atoms with Crippen molar-refractivity contribution >= 4 is 11.8 Å². The van der Waals surface area contributed by atoms with Crippen LogP contribution in [0.25, 0.3) is 0 Å². The Labute approximate surface area is 117 Å². The second-order valence-electron chi connectivity index (χ2n) is 5.48. The number of likely N-dealkylation sites (tertiary alicyclic amines) is 2. The van der Waals surface area contributed by atoms with E-state index in [2.05, 4.69) is 0 Å². The Morgan fingerprint density at radius 1 is 1.25 bits per heavy atom. The van der Waals surface area contributed by atoms with E-state index in [1.165, 1.54) is 12.1 Å². The first kappa shape index (κ1) is 13.1. The summed E-state index contributed by atoms with van der Waals surface area (Å²) in [6.45, 7) is 2.57. The van der Waals surface area contributed by atoms with E-state index in [4.69, 9.17) is 0 Å². The summed E-state index contributed by atoms with van der Waals surface area (Å²) in [5, 5.41) is 0. The van der Waals surface area contributed by atoms with E-state index >= 15 is 0 Å². The van der Waals surface area contributed by atoms with Gasteiger partial charge >= 0.3 is 0 Å². The number of halogens is 1. The number of benzene rings is 1. The van der Waals surface area contributed by atoms with Crippen molar-refractivity contribution in [3.8, 4) is 0 Å². The van der Waals surface area contributed by atoms with Crippen molar-refractivity contribution in [2.45, 2.75) is 19.4 Å². The quantitative estimate of drug-likeness (QED) is 0.837. The largest absolute Gasteiger partial charge is 0.342 e. The Morgan fingerprint density at radius 2 is 1.95 bits per heavy atom. The molecule has 0 saturated carbocycles. The van der Waals surface area contributed by atoms with Crippen molar-refractivity contribution in [3.05, 3.63) is 35.6 Å². The molecule has 1 unspecified atom stereocenters. The molecule has 3 rings (SSSR count). The van der Waals surface area contributed by atoms with Crippen LogP contribution in [0.2, 0.25) is 0 Å². The maximum atomic E-state index is 12.8. The van der Waals surface area contributed by atoms with E-state index in [0.29, 0.717) is 19.5 Å². The highest BCUT2D eigenvalue weighted by Gasteiger charge is 2.37. The molecule has 1 aromatic rings. The molecular weight excluding hydrogens is 259 g/mol. The van der Waals surface area contributed by atoms with Gasteiger partial charge in [0, 0.05) is 32.6 Å². The maximum Gasteiger partial charge on any atom is 0.227 e. The molecule has 2 heterocycles. The predicted molar refractivity (Wildman–Crippen MR) is 71.1 cm³/mol. The normalized spacial score (nSPS) is 22.1. The average Bonchev–Trinajstić information content (AvgIpc) is 2.72. The lowest BCUT2D eigenvalue weighted by Gasteiger charge is -2.32. The monoisotopic (exact) mass is 276 g/mol. The predicted octanol–water partition coefficient (Wildman–Crippen LogP) is 1.41. The van der Waals surface area contributed by atoms with E-state index in [0.717, 1.165) is 25.1 Å². The van der Waals surface area contributed by atoms with Gasteiger partial charge in [-0.1, -0.05) is 12.1 Å². The summed E-state index contributed by atoms with van der Waals surface area (Å²) in [5.41, 5.74) is 0.886. The molecule has 2 aliphatic heterocycles. The first-order chi connectivity index (χ1) is 9.63. The Morgan fingerprint density at radius 3 is 2.55 bits per heavy atom. The van der Waals surface area contributed by atoms with Crippen molar-refractivity contribution in [1.82, 2.24) is 9.80 Å². The summed E-state index contributed by atoms with van der Waals surface area (Å²) in [5.74, 6) is -0.380. The minimum absolute atomic E-state index is 0.00759. The molecule has 0 N–H and O–H groups in total. The third-order valence-corrected chi connectivity index (χ3v) is 4.02. The maximum absolute atomic E-state index is 12.8. The standard InChI is InChI=1S/C15H17FN2O2/c16-13-4-2-11(3-5-13)9-18-10-12(8-14(18)19)15(20)17-6-1-7-17/h2-5,12H,1,6-10H2. The number of nitrogens with zero attached hydrogens (tertiary/aromatic N) is 2. The van der Waals surface area contributed by atoms with E-state index < -0.39 is 0 Å². The molecule has 4 nitrogen and oxygen atoms in total. The Hall–Kier alpha value is -1.91. The molecule has 0 spiro atoms. The molecule has 0 aliphatic carbocycles. The molecule has 20 heavy (non-hydrogen) atoms. The van der Waals surface area contributed by atoms with Crippen molar-refractivity contribution in [1.29, 1.82) is 0 Å². The number of amides is 2. The van der Waals surface area contributed by atoms with Crippen LogP contribution in [0.4, 0.5) is 4.39 Å². The van der Waals surface area contributed by atoms with Gasteiger partial charge in [0.25, 0.3) is 0 Å². The zero-order valence-electron chi connectivity index (χ0n) is 11.2. The van der Waals surface area contributed by atoms with Crippen LogP contribution in [0.3, 0.4) is 0 Å². The average molecular weight is 276 g/mol. The second kappa shape index (κ2) is 5.23. The molecular formula is C15H17FN2O2. The SMILES string of the molecule is O=C1CC(C(=O)N2CCC2)CN1Cc1ccc(F)cc1. The highest BCUT2D eigenvalue weighted by atomic mass is 19.1. The lowest BCUT2D eigenvalue weighted by molar-refractivity contribution is -0.139. The molecule has 2 amide bonds. The highest BCUT2D eigenvalue weighted by molar-refractivity contribution is 5.89. The fourth-order valence-corrected chi connectivity index (χ4v) is 2.70. The number of hydrogen-bond donors (Lipinski definition) is 0. The number of hydrogen-bond acceptors (Lipinski definition) is 2. The van der Waals surface area contributed by atoms with Gasteiger partial charge in [-0.2, -0.15) is 0 Å². The summed E-state index contributed by atoms with van der Waals surface area (Å²) < 4.78 is 12.8. The lowest BCUT2D eigenvalue weighted by atomic mass is 10.0. The Kier molecular flexibility index (Phi) is 3.42. The van der Waals surface area contributed by atoms with Gasteiger partial charge in [-0.3, -0.25) is 9.59 Å². The zero-order chi connectivity index (χ0) is 14.1. The summed E-state index contributed by atoms with van der Waals surface area (Å²) in [6.07, 6.45) is 1.36. The fourth-order valence-electron chi connectivity index (χ4n) is 2.70. The second-order valence-corrected chi connectivity index (χ2v) is 5.48. The molecule has 0 radical (unpaired) electrons. The van der Waals surface area contributed by atoms with E-state index in [1.807, 2.05) is 4.90 Å². The van der Waals surface area contributed by atoms with Crippen LogP contribution in [0, 0.1) is 11.7 Å². The van der Waals surface area contributed by atoms with Gasteiger partial charge < -0.3 is 9.80 Å². The van der Waals surface area contributed by atoms with Gasteiger partial charge in [0.2, 0.25) is 11.8 Å². The molecule has 5 heteroatoms. The lowest BCUT2D eigenvalue weighted by Crippen LogP contribution is -2.45. The topological polar surface area (TPSA) is 40.6 Å². The van der Waals surface area contributed by atoms with E-state index in [1.54, 1.807) is 17.0 Å². The van der Waals surface area contributed by atoms with Gasteiger partial charge in [-0.15, -0.1) is 0 Å². The number of carbonyl (C=O) groups is 2. The van der Waals surface area contributed by atoms with Crippen molar-refractivity contribution in [2.75, 3.05) is 19.6 Å². The van der Waals surface area contributed by atoms with Gasteiger partial charge in [-0.25, -0.2) is 4.39 Å². The van der Waals surface area contributed by atoms with Gasteiger partial charge in [0.15, 0.2) is 0 Å². The third kappa shape index (κ3) is 2.53. The minimum Gasteiger partial charge on any atom is -0.342 e. The van der Waals surface area contributed by atoms with Gasteiger partial charge in [-0.05, 0) is 24.1 Å². The third-order valence-electron chi connectivity index (χ3n) is 4.02. The summed E-state index contributed by atoms with van der Waals surface area (Å²) in [6, 6.07) is 6.12. The smallest absolute Gasteiger partial charge is 0.227 e. The molecule has 2 saturated heterocycles. The Bertz CT molecular complexity index is 525. The van der Waals surface area contributed by atoms with Crippen LogP contribution in [0.15, 0.2) is 24.3 Å². The molecule has 2 fully saturated rings. The zero-order valence-corrected chi connectivity index (χ0v) is 11.2. The van der Waals surface area contributed by atoms with Crippen molar-refractivity contribution in [3.63, 3.8) is 0 Å². The van der Waals surface area contributed by atoms with Gasteiger partial charge in [0.05, 0.1) is 5.92 Å². The summed E-state index contributed by atoms with van der Waals surface area (Å²) in [4.78, 5) is 27.6. The van der Waals surface area contributed by atoms with E-state index in [9.17, 15) is 14.0 Å². The van der Waals surface area contributed by atoms with Crippen LogP contribution in [0.1, 0.15) is 18.4 Å². The first-order valence-electron chi connectivity index (χ1n) is 6.94. The highest BCUT2D eigenvalue weighted by Crippen LogP contribution is 2.24. The van der Waals surface area contributed by atoms with Crippen LogP contribution in [-0.4, -0.2) is 41.2 Å². The van der Waals surface area contributed by atoms with Crippen LogP contribution >= 0.6 is 0 Å². The molecule has 2 aliphatic rings. The van der Waals surface area contributed by atoms with Crippen molar-refractivity contribution < 1.29 is 14.0 Å². The Balaban J connectivity index is 1.62. The van der Waals surface area contributed by atoms with E-state index in [-0.39, 0.29) is 23.5 Å². The molecule has 1 atom stereocenters. The summed E-state index contributed by atoms with van der Waals surface area (Å²) in [7, 11) is 0. The molecule has 0 bridgehead atoms. The molecule has 1 aromatic carbocycles. The van der Waals surface area contributed by atoms with Crippen molar-refractivity contribution in [2.24, 2.45) is 5.92 Å². The molecule has 0 aromatic heterocycles. The number of rotatable bonds is 3. The summed E-state index contributed by atoms with van der Waals surface area (Å²) >= 11 is 0. The fraction of sp³-hybridized carbons (Fsp3) is 0.467. The minimum atomic E-state index is -0.285. The van der Waals surface area contributed by atoms with Crippen LogP contribution in [-0.2, 0) is 16.1 Å². The number of carbonyl (C=O) groups excluding carboxylic acids is 2. The van der Waals surface area contributed by atoms with Crippen LogP contribution in [0.5, 0.6) is 0 Å². The first-order valence-corrected chi connectivity index (χ1v) is 6.94. The van der Waals surface area contributed by atoms with Gasteiger partial charge in [0.1, 0.15) is 5.82 Å².